The van der Waals surface area contributed by atoms with Gasteiger partial charge >= 0.3 is 0 Å². The van der Waals surface area contributed by atoms with Crippen LogP contribution >= 0.6 is 0 Å². The number of hydrogen-bond acceptors (Lipinski definition) is 3. The molecular weight excluding hydrogens is 170 g/mol. The first-order chi connectivity index (χ1) is 5.97. The molecule has 0 bridgehead atoms. The SMILES string of the molecule is CC(C)NC(=NC(C)C(N)=O)NN. The molecular formula is C7H17N5O. The maximum Gasteiger partial charge on any atom is 0.242 e. The standard InChI is InChI=1S/C7H17N5O/c1-4(2)10-7(12-9)11-5(3)6(8)13/h4-5H,9H2,1-3H3,(H2,8,13)(H2,10,11,12). The number of primary amides is 1. The van der Waals surface area contributed by atoms with Crippen LogP contribution in [0.3, 0.4) is 0 Å². The van der Waals surface area contributed by atoms with Gasteiger partial charge in [0.05, 0.1) is 0 Å². The van der Waals surface area contributed by atoms with Crippen molar-refractivity contribution in [3.63, 3.8) is 0 Å². The average molecular weight is 187 g/mol. The zero-order valence-corrected chi connectivity index (χ0v) is 8.16. The fourth-order valence-electron chi connectivity index (χ4n) is 0.647. The van der Waals surface area contributed by atoms with Crippen LogP contribution in [0.15, 0.2) is 4.99 Å². The van der Waals surface area contributed by atoms with Gasteiger partial charge in [-0.15, -0.1) is 0 Å². The van der Waals surface area contributed by atoms with Crippen LogP contribution in [0.2, 0.25) is 0 Å². The monoisotopic (exact) mass is 187 g/mol. The fraction of sp³-hybridized carbons (Fsp3) is 0.714. The van der Waals surface area contributed by atoms with E-state index < -0.39 is 11.9 Å². The van der Waals surface area contributed by atoms with Crippen LogP contribution in [0.5, 0.6) is 0 Å². The molecule has 0 aromatic heterocycles. The van der Waals surface area contributed by atoms with E-state index >= 15 is 0 Å². The third kappa shape index (κ3) is 5.02. The van der Waals surface area contributed by atoms with Gasteiger partial charge in [0.15, 0.2) is 0 Å². The summed E-state index contributed by atoms with van der Waals surface area (Å²) in [6, 6.07) is -0.396. The molecule has 0 spiro atoms. The molecule has 0 aliphatic rings. The van der Waals surface area contributed by atoms with E-state index in [-0.39, 0.29) is 6.04 Å². The predicted octanol–water partition coefficient (Wildman–Crippen LogP) is -1.32. The Kier molecular flexibility index (Phi) is 4.83. The van der Waals surface area contributed by atoms with E-state index in [0.29, 0.717) is 5.96 Å². The number of aliphatic imine (C=N–C) groups is 1. The van der Waals surface area contributed by atoms with Crippen LogP contribution in [-0.4, -0.2) is 24.0 Å². The molecule has 0 rings (SSSR count). The Morgan fingerprint density at radius 2 is 1.92 bits per heavy atom. The molecule has 0 aliphatic heterocycles. The Bertz CT molecular complexity index is 201. The number of nitrogens with two attached hydrogens (primary N) is 2. The van der Waals surface area contributed by atoms with Crippen molar-refractivity contribution in [2.45, 2.75) is 32.9 Å². The molecule has 0 saturated heterocycles. The molecule has 0 aliphatic carbocycles. The van der Waals surface area contributed by atoms with Gasteiger partial charge in [0.1, 0.15) is 6.04 Å². The van der Waals surface area contributed by atoms with Gasteiger partial charge in [-0.05, 0) is 20.8 Å². The van der Waals surface area contributed by atoms with E-state index in [1.165, 1.54) is 0 Å². The normalized spacial score (nSPS) is 14.1. The van der Waals surface area contributed by atoms with Crippen molar-refractivity contribution in [2.24, 2.45) is 16.6 Å². The predicted molar refractivity (Wildman–Crippen MR) is 51.7 cm³/mol. The van der Waals surface area contributed by atoms with Gasteiger partial charge in [0, 0.05) is 6.04 Å². The Labute approximate surface area is 77.7 Å². The highest BCUT2D eigenvalue weighted by molar-refractivity contribution is 5.85. The number of rotatable bonds is 3. The second-order valence-corrected chi connectivity index (χ2v) is 3.00. The molecule has 76 valence electrons. The molecule has 0 heterocycles. The first-order valence-electron chi connectivity index (χ1n) is 4.07. The maximum atomic E-state index is 10.7. The van der Waals surface area contributed by atoms with Crippen LogP contribution in [0.25, 0.3) is 0 Å². The smallest absolute Gasteiger partial charge is 0.242 e. The van der Waals surface area contributed by atoms with Crippen molar-refractivity contribution >= 4 is 11.9 Å². The summed E-state index contributed by atoms with van der Waals surface area (Å²) in [7, 11) is 0. The molecule has 0 aromatic carbocycles. The Morgan fingerprint density at radius 3 is 2.23 bits per heavy atom. The summed E-state index contributed by atoms with van der Waals surface area (Å²) in [6.07, 6.45) is 0. The van der Waals surface area contributed by atoms with Gasteiger partial charge < -0.3 is 11.1 Å². The number of nitrogens with one attached hydrogen (secondary N) is 2. The van der Waals surface area contributed by atoms with E-state index in [9.17, 15) is 4.79 Å². The summed E-state index contributed by atoms with van der Waals surface area (Å²) in [5.74, 6) is 5.05. The molecule has 0 saturated carbocycles. The quantitative estimate of drug-likeness (QED) is 0.190. The summed E-state index contributed by atoms with van der Waals surface area (Å²) in [4.78, 5) is 14.6. The minimum Gasteiger partial charge on any atom is -0.368 e. The minimum absolute atomic E-state index is 0.190. The van der Waals surface area contributed by atoms with Gasteiger partial charge in [-0.1, -0.05) is 0 Å². The third-order valence-corrected chi connectivity index (χ3v) is 1.30. The van der Waals surface area contributed by atoms with E-state index in [0.717, 1.165) is 0 Å². The number of nitrogens with zero attached hydrogens (tertiary/aromatic N) is 1. The summed E-state index contributed by atoms with van der Waals surface area (Å²) < 4.78 is 0. The first-order valence-corrected chi connectivity index (χ1v) is 4.07. The number of carbonyl (C=O) groups is 1. The minimum atomic E-state index is -0.586. The molecule has 6 heteroatoms. The molecule has 13 heavy (non-hydrogen) atoms. The van der Waals surface area contributed by atoms with Crippen LogP contribution < -0.4 is 22.3 Å². The van der Waals surface area contributed by atoms with Gasteiger partial charge in [0.25, 0.3) is 0 Å². The van der Waals surface area contributed by atoms with E-state index in [1.54, 1.807) is 6.92 Å². The summed E-state index contributed by atoms with van der Waals surface area (Å²) >= 11 is 0. The number of amides is 1. The van der Waals surface area contributed by atoms with Crippen molar-refractivity contribution in [2.75, 3.05) is 0 Å². The largest absolute Gasteiger partial charge is 0.368 e. The highest BCUT2D eigenvalue weighted by Gasteiger charge is 2.08. The highest BCUT2D eigenvalue weighted by Crippen LogP contribution is 1.87. The van der Waals surface area contributed by atoms with Crippen LogP contribution in [0.1, 0.15) is 20.8 Å². The van der Waals surface area contributed by atoms with Gasteiger partial charge in [0.2, 0.25) is 11.9 Å². The van der Waals surface area contributed by atoms with E-state index in [4.69, 9.17) is 11.6 Å². The maximum absolute atomic E-state index is 10.7. The lowest BCUT2D eigenvalue weighted by molar-refractivity contribution is -0.118. The fourth-order valence-corrected chi connectivity index (χ4v) is 0.647. The zero-order chi connectivity index (χ0) is 10.4. The van der Waals surface area contributed by atoms with Crippen LogP contribution in [-0.2, 0) is 4.79 Å². The second kappa shape index (κ2) is 5.36. The molecule has 1 amide bonds. The summed E-state index contributed by atoms with van der Waals surface area (Å²) in [6.45, 7) is 5.46. The molecule has 0 radical (unpaired) electrons. The third-order valence-electron chi connectivity index (χ3n) is 1.30. The molecule has 6 N–H and O–H groups in total. The lowest BCUT2D eigenvalue weighted by Crippen LogP contribution is -2.45. The van der Waals surface area contributed by atoms with Crippen LogP contribution in [0, 0.1) is 0 Å². The van der Waals surface area contributed by atoms with Crippen molar-refractivity contribution in [3.05, 3.63) is 0 Å². The van der Waals surface area contributed by atoms with Gasteiger partial charge in [-0.2, -0.15) is 0 Å². The number of carbonyl (C=O) groups excluding carboxylic acids is 1. The topological polar surface area (TPSA) is 106 Å². The molecule has 1 unspecified atom stereocenters. The van der Waals surface area contributed by atoms with Crippen molar-refractivity contribution in [1.82, 2.24) is 10.7 Å². The van der Waals surface area contributed by atoms with E-state index in [1.807, 2.05) is 13.8 Å². The van der Waals surface area contributed by atoms with Crippen molar-refractivity contribution in [3.8, 4) is 0 Å². The summed E-state index contributed by atoms with van der Waals surface area (Å²) in [5.41, 5.74) is 7.38. The second-order valence-electron chi connectivity index (χ2n) is 3.00. The highest BCUT2D eigenvalue weighted by atomic mass is 16.1. The lowest BCUT2D eigenvalue weighted by atomic mass is 10.3. The lowest BCUT2D eigenvalue weighted by Gasteiger charge is -2.13. The molecule has 0 aromatic rings. The number of hydrogen-bond donors (Lipinski definition) is 4. The van der Waals surface area contributed by atoms with Crippen molar-refractivity contribution in [1.29, 1.82) is 0 Å². The summed E-state index contributed by atoms with van der Waals surface area (Å²) in [5, 5.41) is 2.92. The number of guanidine groups is 1. The van der Waals surface area contributed by atoms with E-state index in [2.05, 4.69) is 15.7 Å². The molecule has 1 atom stereocenters. The van der Waals surface area contributed by atoms with Crippen molar-refractivity contribution < 1.29 is 4.79 Å². The Hall–Kier alpha value is -1.30. The average Bonchev–Trinajstić information content (AvgIpc) is 2.02. The number of hydrazine groups is 1. The zero-order valence-electron chi connectivity index (χ0n) is 8.16. The van der Waals surface area contributed by atoms with Gasteiger partial charge in [-0.25, -0.2) is 10.8 Å². The van der Waals surface area contributed by atoms with Gasteiger partial charge in [-0.3, -0.25) is 10.2 Å². The first kappa shape index (κ1) is 11.7. The molecule has 0 fully saturated rings. The molecule has 6 nitrogen and oxygen atoms in total. The van der Waals surface area contributed by atoms with Crippen LogP contribution in [0.4, 0.5) is 0 Å². The Morgan fingerprint density at radius 1 is 1.38 bits per heavy atom. The Balaban J connectivity index is 4.28.